The molecule has 1 aliphatic carbocycles. The van der Waals surface area contributed by atoms with Gasteiger partial charge in [0.15, 0.2) is 0 Å². The van der Waals surface area contributed by atoms with Crippen molar-refractivity contribution in [1.29, 1.82) is 0 Å². The van der Waals surface area contributed by atoms with Gasteiger partial charge in [-0.1, -0.05) is 6.08 Å². The number of hydrogen-bond donors (Lipinski definition) is 1. The minimum absolute atomic E-state index is 0.323. The van der Waals surface area contributed by atoms with E-state index in [0.29, 0.717) is 6.61 Å². The zero-order valence-electron chi connectivity index (χ0n) is 9.90. The van der Waals surface area contributed by atoms with Crippen LogP contribution in [0.1, 0.15) is 25.0 Å². The van der Waals surface area contributed by atoms with Crippen LogP contribution in [0, 0.1) is 0 Å². The third kappa shape index (κ3) is 2.97. The second-order valence-electron chi connectivity index (χ2n) is 4.21. The van der Waals surface area contributed by atoms with Gasteiger partial charge in [-0.05, 0) is 40.8 Å². The Morgan fingerprint density at radius 3 is 3.18 bits per heavy atom. The Kier molecular flexibility index (Phi) is 4.36. The zero-order chi connectivity index (χ0) is 12.3. The van der Waals surface area contributed by atoms with Crippen LogP contribution in [0.25, 0.3) is 5.57 Å². The van der Waals surface area contributed by atoms with Crippen LogP contribution in [-0.2, 0) is 11.3 Å². The van der Waals surface area contributed by atoms with Gasteiger partial charge in [0, 0.05) is 7.11 Å². The van der Waals surface area contributed by atoms with E-state index in [2.05, 4.69) is 21.0 Å². The first-order chi connectivity index (χ1) is 8.22. The molecule has 1 N–H and O–H groups in total. The van der Waals surface area contributed by atoms with E-state index in [0.717, 1.165) is 36.0 Å². The van der Waals surface area contributed by atoms with Crippen LogP contribution < -0.4 is 0 Å². The van der Waals surface area contributed by atoms with Gasteiger partial charge in [-0.2, -0.15) is 5.10 Å². The Morgan fingerprint density at radius 2 is 2.47 bits per heavy atom. The average molecular weight is 301 g/mol. The highest BCUT2D eigenvalue weighted by atomic mass is 79.9. The minimum atomic E-state index is -0.323. The normalized spacial score (nSPS) is 20.4. The summed E-state index contributed by atoms with van der Waals surface area (Å²) in [5, 5.41) is 14.0. The quantitative estimate of drug-likeness (QED) is 0.927. The number of halogens is 1. The third-order valence-electron chi connectivity index (χ3n) is 2.95. The van der Waals surface area contributed by atoms with E-state index in [1.54, 1.807) is 13.3 Å². The summed E-state index contributed by atoms with van der Waals surface area (Å²) in [6, 6.07) is 0. The summed E-state index contributed by atoms with van der Waals surface area (Å²) in [6.07, 6.45) is 6.29. The lowest BCUT2D eigenvalue weighted by atomic mass is 9.95. The van der Waals surface area contributed by atoms with E-state index in [9.17, 15) is 5.11 Å². The molecule has 0 aliphatic heterocycles. The zero-order valence-corrected chi connectivity index (χ0v) is 11.5. The Labute approximate surface area is 109 Å². The molecule has 0 radical (unpaired) electrons. The van der Waals surface area contributed by atoms with Gasteiger partial charge in [0.2, 0.25) is 0 Å². The monoisotopic (exact) mass is 300 g/mol. The summed E-state index contributed by atoms with van der Waals surface area (Å²) >= 11 is 3.52. The van der Waals surface area contributed by atoms with Gasteiger partial charge in [0.25, 0.3) is 0 Å². The van der Waals surface area contributed by atoms with Crippen molar-refractivity contribution in [3.63, 3.8) is 0 Å². The van der Waals surface area contributed by atoms with Gasteiger partial charge in [-0.25, -0.2) is 0 Å². The highest BCUT2D eigenvalue weighted by Gasteiger charge is 2.18. The average Bonchev–Trinajstić information content (AvgIpc) is 2.68. The number of aromatic nitrogens is 2. The van der Waals surface area contributed by atoms with E-state index < -0.39 is 0 Å². The molecule has 94 valence electrons. The molecule has 17 heavy (non-hydrogen) atoms. The molecule has 1 aliphatic rings. The van der Waals surface area contributed by atoms with Gasteiger partial charge in [-0.3, -0.25) is 4.68 Å². The standard InChI is InChI=1S/C12H17BrN2O2/c1-17-6-5-15-12(11(13)8-14-15)9-3-2-4-10(16)7-9/h7-8,10,16H,2-6H2,1H3. The molecule has 1 unspecified atom stereocenters. The maximum atomic E-state index is 9.69. The predicted molar refractivity (Wildman–Crippen MR) is 69.6 cm³/mol. The number of rotatable bonds is 4. The summed E-state index contributed by atoms with van der Waals surface area (Å²) in [5.41, 5.74) is 2.24. The Bertz CT molecular complexity index is 415. The van der Waals surface area contributed by atoms with Crippen LogP contribution in [0.4, 0.5) is 0 Å². The topological polar surface area (TPSA) is 47.3 Å². The molecule has 0 bridgehead atoms. The number of aliphatic hydroxyl groups is 1. The molecule has 0 saturated carbocycles. The van der Waals surface area contributed by atoms with Gasteiger partial charge in [-0.15, -0.1) is 0 Å². The van der Waals surface area contributed by atoms with Crippen molar-refractivity contribution in [3.05, 3.63) is 22.4 Å². The van der Waals surface area contributed by atoms with Crippen LogP contribution in [-0.4, -0.2) is 34.7 Å². The van der Waals surface area contributed by atoms with Gasteiger partial charge in [0.1, 0.15) is 0 Å². The maximum Gasteiger partial charge on any atom is 0.0782 e. The number of aliphatic hydroxyl groups excluding tert-OH is 1. The fourth-order valence-corrected chi connectivity index (χ4v) is 2.68. The number of hydrogen-bond acceptors (Lipinski definition) is 3. The largest absolute Gasteiger partial charge is 0.389 e. The van der Waals surface area contributed by atoms with E-state index in [-0.39, 0.29) is 6.10 Å². The third-order valence-corrected chi connectivity index (χ3v) is 3.53. The first-order valence-electron chi connectivity index (χ1n) is 5.81. The first kappa shape index (κ1) is 12.8. The summed E-state index contributed by atoms with van der Waals surface area (Å²) in [6.45, 7) is 1.36. The molecule has 1 aromatic heterocycles. The molecule has 0 fully saturated rings. The Hall–Kier alpha value is -0.650. The maximum absolute atomic E-state index is 9.69. The lowest BCUT2D eigenvalue weighted by Gasteiger charge is -2.18. The number of nitrogens with zero attached hydrogens (tertiary/aromatic N) is 2. The molecule has 5 heteroatoms. The van der Waals surface area contributed by atoms with Crippen molar-refractivity contribution < 1.29 is 9.84 Å². The van der Waals surface area contributed by atoms with Crippen molar-refractivity contribution in [2.45, 2.75) is 31.9 Å². The highest BCUT2D eigenvalue weighted by Crippen LogP contribution is 2.31. The van der Waals surface area contributed by atoms with Crippen LogP contribution in [0.2, 0.25) is 0 Å². The predicted octanol–water partition coefficient (Wildman–Crippen LogP) is 2.22. The summed E-state index contributed by atoms with van der Waals surface area (Å²) in [5.74, 6) is 0. The summed E-state index contributed by atoms with van der Waals surface area (Å²) in [4.78, 5) is 0. The van der Waals surface area contributed by atoms with Crippen LogP contribution in [0.5, 0.6) is 0 Å². The van der Waals surface area contributed by atoms with Crippen molar-refractivity contribution >= 4 is 21.5 Å². The lowest BCUT2D eigenvalue weighted by Crippen LogP contribution is -2.13. The molecule has 0 aromatic carbocycles. The fourth-order valence-electron chi connectivity index (χ4n) is 2.13. The SMILES string of the molecule is COCCn1ncc(Br)c1C1=CC(O)CCC1. The molecule has 4 nitrogen and oxygen atoms in total. The molecule has 2 rings (SSSR count). The van der Waals surface area contributed by atoms with E-state index >= 15 is 0 Å². The van der Waals surface area contributed by atoms with Crippen LogP contribution in [0.3, 0.4) is 0 Å². The Balaban J connectivity index is 2.26. The van der Waals surface area contributed by atoms with Crippen molar-refractivity contribution in [3.8, 4) is 0 Å². The van der Waals surface area contributed by atoms with Gasteiger partial charge < -0.3 is 9.84 Å². The minimum Gasteiger partial charge on any atom is -0.389 e. The molecule has 0 saturated heterocycles. The molecular formula is C12H17BrN2O2. The van der Waals surface area contributed by atoms with E-state index in [1.807, 2.05) is 10.8 Å². The number of allylic oxidation sites excluding steroid dienone is 1. The number of methoxy groups -OCH3 is 1. The lowest BCUT2D eigenvalue weighted by molar-refractivity contribution is 0.183. The van der Waals surface area contributed by atoms with Gasteiger partial charge >= 0.3 is 0 Å². The number of ether oxygens (including phenoxy) is 1. The van der Waals surface area contributed by atoms with Crippen molar-refractivity contribution in [2.24, 2.45) is 0 Å². The first-order valence-corrected chi connectivity index (χ1v) is 6.61. The molecule has 0 spiro atoms. The molecular weight excluding hydrogens is 284 g/mol. The fraction of sp³-hybridized carbons (Fsp3) is 0.583. The molecule has 1 atom stereocenters. The van der Waals surface area contributed by atoms with E-state index in [1.165, 1.54) is 5.57 Å². The van der Waals surface area contributed by atoms with Crippen molar-refractivity contribution in [2.75, 3.05) is 13.7 Å². The van der Waals surface area contributed by atoms with Gasteiger partial charge in [0.05, 0.1) is 35.6 Å². The second kappa shape index (κ2) is 5.80. The van der Waals surface area contributed by atoms with Crippen LogP contribution >= 0.6 is 15.9 Å². The highest BCUT2D eigenvalue weighted by molar-refractivity contribution is 9.10. The molecule has 1 aromatic rings. The molecule has 1 heterocycles. The van der Waals surface area contributed by atoms with E-state index in [4.69, 9.17) is 4.74 Å². The summed E-state index contributed by atoms with van der Waals surface area (Å²) in [7, 11) is 1.68. The summed E-state index contributed by atoms with van der Waals surface area (Å²) < 4.78 is 7.98. The second-order valence-corrected chi connectivity index (χ2v) is 5.06. The molecule has 0 amide bonds. The Morgan fingerprint density at radius 1 is 1.65 bits per heavy atom. The van der Waals surface area contributed by atoms with Crippen LogP contribution in [0.15, 0.2) is 16.7 Å². The van der Waals surface area contributed by atoms with Crippen molar-refractivity contribution in [1.82, 2.24) is 9.78 Å². The smallest absolute Gasteiger partial charge is 0.0782 e.